The maximum absolute atomic E-state index is 12.9. The first-order valence-electron chi connectivity index (χ1n) is 7.91. The number of aromatic nitrogens is 3. The molecular weight excluding hydrogens is 327 g/mol. The number of carbonyl (C=O) groups excluding carboxylic acids is 2. The number of hydrogen-bond acceptors (Lipinski definition) is 5. The molecule has 0 aromatic carbocycles. The van der Waals surface area contributed by atoms with E-state index >= 15 is 0 Å². The van der Waals surface area contributed by atoms with Gasteiger partial charge in [-0.3, -0.25) is 4.79 Å². The van der Waals surface area contributed by atoms with Gasteiger partial charge in [-0.15, -0.1) is 0 Å². The zero-order chi connectivity index (χ0) is 18.4. The van der Waals surface area contributed by atoms with Gasteiger partial charge in [0, 0.05) is 24.7 Å². The standard InChI is InChI=1S/C17H21FN4O3/c1-17(2,3)25-16(24)19-8-4-5-14(23)12-6-7-15(20-9-12)22-11-13(18)10-21-22/h6-7,9-11H,4-5,8H2,1-3H3,(H,19,24). The molecule has 0 spiro atoms. The minimum atomic E-state index is -0.551. The van der Waals surface area contributed by atoms with Crippen LogP contribution in [0.25, 0.3) is 5.82 Å². The number of ketones is 1. The Morgan fingerprint density at radius 1 is 1.28 bits per heavy atom. The third kappa shape index (κ3) is 5.98. The lowest BCUT2D eigenvalue weighted by molar-refractivity contribution is 0.0525. The molecule has 8 heteroatoms. The number of amides is 1. The lowest BCUT2D eigenvalue weighted by Gasteiger charge is -2.19. The van der Waals surface area contributed by atoms with Crippen molar-refractivity contribution in [1.29, 1.82) is 0 Å². The molecule has 1 N–H and O–H groups in total. The zero-order valence-corrected chi connectivity index (χ0v) is 14.5. The Morgan fingerprint density at radius 2 is 2.04 bits per heavy atom. The van der Waals surface area contributed by atoms with Crippen molar-refractivity contribution in [2.45, 2.75) is 39.2 Å². The molecule has 0 bridgehead atoms. The second-order valence-corrected chi connectivity index (χ2v) is 6.46. The van der Waals surface area contributed by atoms with Crippen LogP contribution < -0.4 is 5.32 Å². The number of alkyl carbamates (subject to hydrolysis) is 1. The van der Waals surface area contributed by atoms with Crippen molar-refractivity contribution in [3.8, 4) is 5.82 Å². The van der Waals surface area contributed by atoms with E-state index in [1.165, 1.54) is 17.1 Å². The Kier molecular flexibility index (Phi) is 5.84. The first kappa shape index (κ1) is 18.6. The number of halogens is 1. The van der Waals surface area contributed by atoms with Crippen LogP contribution in [0.15, 0.2) is 30.7 Å². The largest absolute Gasteiger partial charge is 0.444 e. The van der Waals surface area contributed by atoms with Crippen LogP contribution in [0.4, 0.5) is 9.18 Å². The maximum atomic E-state index is 12.9. The average molecular weight is 348 g/mol. The van der Waals surface area contributed by atoms with Crippen molar-refractivity contribution in [2.24, 2.45) is 0 Å². The van der Waals surface area contributed by atoms with Gasteiger partial charge in [0.2, 0.25) is 0 Å². The molecule has 0 atom stereocenters. The molecule has 7 nitrogen and oxygen atoms in total. The van der Waals surface area contributed by atoms with Crippen LogP contribution in [-0.2, 0) is 4.74 Å². The van der Waals surface area contributed by atoms with Gasteiger partial charge in [-0.25, -0.2) is 18.9 Å². The first-order valence-corrected chi connectivity index (χ1v) is 7.91. The zero-order valence-electron chi connectivity index (χ0n) is 14.5. The van der Waals surface area contributed by atoms with E-state index in [9.17, 15) is 14.0 Å². The van der Waals surface area contributed by atoms with Crippen LogP contribution in [0.5, 0.6) is 0 Å². The predicted octanol–water partition coefficient (Wildman–Crippen LogP) is 2.89. The Hall–Kier alpha value is -2.77. The smallest absolute Gasteiger partial charge is 0.407 e. The van der Waals surface area contributed by atoms with Gasteiger partial charge in [0.1, 0.15) is 5.60 Å². The number of nitrogens with zero attached hydrogens (tertiary/aromatic N) is 3. The van der Waals surface area contributed by atoms with Crippen molar-refractivity contribution in [2.75, 3.05) is 6.54 Å². The molecule has 1 amide bonds. The summed E-state index contributed by atoms with van der Waals surface area (Å²) in [5.41, 5.74) is -0.0983. The minimum absolute atomic E-state index is 0.0864. The quantitative estimate of drug-likeness (QED) is 0.641. The molecular formula is C17H21FN4O3. The number of hydrogen-bond donors (Lipinski definition) is 1. The molecule has 2 heterocycles. The number of rotatable bonds is 6. The molecule has 0 saturated carbocycles. The molecule has 2 rings (SSSR count). The molecule has 25 heavy (non-hydrogen) atoms. The molecule has 0 aliphatic carbocycles. The monoisotopic (exact) mass is 348 g/mol. The first-order chi connectivity index (χ1) is 11.7. The summed E-state index contributed by atoms with van der Waals surface area (Å²) in [5.74, 6) is -0.122. The van der Waals surface area contributed by atoms with Crippen LogP contribution >= 0.6 is 0 Å². The highest BCUT2D eigenvalue weighted by Gasteiger charge is 2.15. The minimum Gasteiger partial charge on any atom is -0.444 e. The van der Waals surface area contributed by atoms with Gasteiger partial charge < -0.3 is 10.1 Å². The van der Waals surface area contributed by atoms with Crippen LogP contribution in [0.1, 0.15) is 44.0 Å². The number of ether oxygens (including phenoxy) is 1. The Bertz CT molecular complexity index is 735. The summed E-state index contributed by atoms with van der Waals surface area (Å²) in [4.78, 5) is 27.7. The third-order valence-electron chi connectivity index (χ3n) is 3.10. The van der Waals surface area contributed by atoms with Crippen molar-refractivity contribution >= 4 is 11.9 Å². The highest BCUT2D eigenvalue weighted by atomic mass is 19.1. The highest BCUT2D eigenvalue weighted by molar-refractivity contribution is 5.95. The lowest BCUT2D eigenvalue weighted by atomic mass is 10.1. The van der Waals surface area contributed by atoms with Crippen molar-refractivity contribution in [1.82, 2.24) is 20.1 Å². The van der Waals surface area contributed by atoms with Crippen LogP contribution in [0.3, 0.4) is 0 Å². The van der Waals surface area contributed by atoms with Crippen LogP contribution in [0.2, 0.25) is 0 Å². The second kappa shape index (κ2) is 7.87. The molecule has 2 aromatic heterocycles. The van der Waals surface area contributed by atoms with Gasteiger partial charge in [-0.2, -0.15) is 5.10 Å². The predicted molar refractivity (Wildman–Crippen MR) is 89.1 cm³/mol. The Labute approximate surface area is 145 Å². The fraction of sp³-hybridized carbons (Fsp3) is 0.412. The van der Waals surface area contributed by atoms with E-state index in [-0.39, 0.29) is 12.2 Å². The summed E-state index contributed by atoms with van der Waals surface area (Å²) in [5, 5.41) is 6.41. The molecule has 2 aromatic rings. The normalized spacial score (nSPS) is 11.2. The Morgan fingerprint density at radius 3 is 2.60 bits per heavy atom. The molecule has 0 radical (unpaired) electrons. The summed E-state index contributed by atoms with van der Waals surface area (Å²) in [6, 6.07) is 3.21. The van der Waals surface area contributed by atoms with Gasteiger partial charge in [-0.05, 0) is 39.3 Å². The second-order valence-electron chi connectivity index (χ2n) is 6.46. The molecule has 0 aliphatic rings. The summed E-state index contributed by atoms with van der Waals surface area (Å²) in [6.45, 7) is 5.69. The Balaban J connectivity index is 1.78. The van der Waals surface area contributed by atoms with E-state index < -0.39 is 17.5 Å². The summed E-state index contributed by atoms with van der Waals surface area (Å²) >= 11 is 0. The molecule has 0 unspecified atom stereocenters. The number of pyridine rings is 1. The van der Waals surface area contributed by atoms with E-state index in [4.69, 9.17) is 4.74 Å². The fourth-order valence-electron chi connectivity index (χ4n) is 2.01. The summed E-state index contributed by atoms with van der Waals surface area (Å²) in [6.07, 6.45) is 3.97. The summed E-state index contributed by atoms with van der Waals surface area (Å²) < 4.78 is 19.3. The van der Waals surface area contributed by atoms with Gasteiger partial charge in [0.25, 0.3) is 0 Å². The van der Waals surface area contributed by atoms with E-state index in [0.717, 1.165) is 6.20 Å². The van der Waals surface area contributed by atoms with Crippen molar-refractivity contribution < 1.29 is 18.7 Å². The van der Waals surface area contributed by atoms with E-state index in [2.05, 4.69) is 15.4 Å². The van der Waals surface area contributed by atoms with E-state index in [0.29, 0.717) is 24.3 Å². The van der Waals surface area contributed by atoms with Gasteiger partial charge in [0.05, 0.1) is 12.4 Å². The number of Topliss-reactive ketones (excluding diaryl/α,β-unsaturated/α-hetero) is 1. The van der Waals surface area contributed by atoms with Gasteiger partial charge in [-0.1, -0.05) is 0 Å². The number of nitrogens with one attached hydrogen (secondary N) is 1. The average Bonchev–Trinajstić information content (AvgIpc) is 2.96. The fourth-order valence-corrected chi connectivity index (χ4v) is 2.01. The van der Waals surface area contributed by atoms with E-state index in [1.807, 2.05) is 0 Å². The SMILES string of the molecule is CC(C)(C)OC(=O)NCCCC(=O)c1ccc(-n2cc(F)cn2)nc1. The summed E-state index contributed by atoms with van der Waals surface area (Å²) in [7, 11) is 0. The molecule has 0 fully saturated rings. The van der Waals surface area contributed by atoms with E-state index in [1.54, 1.807) is 32.9 Å². The molecule has 0 saturated heterocycles. The van der Waals surface area contributed by atoms with Crippen molar-refractivity contribution in [3.63, 3.8) is 0 Å². The third-order valence-corrected chi connectivity index (χ3v) is 3.10. The van der Waals surface area contributed by atoms with Crippen LogP contribution in [0, 0.1) is 5.82 Å². The maximum Gasteiger partial charge on any atom is 0.407 e. The van der Waals surface area contributed by atoms with Crippen LogP contribution in [-0.4, -0.2) is 38.8 Å². The topological polar surface area (TPSA) is 86.1 Å². The van der Waals surface area contributed by atoms with Crippen molar-refractivity contribution in [3.05, 3.63) is 42.1 Å². The lowest BCUT2D eigenvalue weighted by Crippen LogP contribution is -2.33. The van der Waals surface area contributed by atoms with Gasteiger partial charge in [0.15, 0.2) is 17.4 Å². The number of carbonyl (C=O) groups is 2. The highest BCUT2D eigenvalue weighted by Crippen LogP contribution is 2.09. The molecule has 0 aliphatic heterocycles. The van der Waals surface area contributed by atoms with Gasteiger partial charge >= 0.3 is 6.09 Å². The molecule has 134 valence electrons.